The lowest BCUT2D eigenvalue weighted by Gasteiger charge is -2.20. The second-order valence-electron chi connectivity index (χ2n) is 4.85. The van der Waals surface area contributed by atoms with Gasteiger partial charge >= 0.3 is 0 Å². The van der Waals surface area contributed by atoms with Crippen LogP contribution in [0, 0.1) is 12.7 Å². The van der Waals surface area contributed by atoms with Gasteiger partial charge in [0.1, 0.15) is 10.7 Å². The average Bonchev–Trinajstić information content (AvgIpc) is 2.40. The number of benzene rings is 1. The molecular weight excluding hydrogens is 297 g/mol. The van der Waals surface area contributed by atoms with Crippen LogP contribution >= 0.6 is 0 Å². The van der Waals surface area contributed by atoms with Crippen LogP contribution in [0.3, 0.4) is 0 Å². The number of carbonyl (C=O) groups excluding carboxylic acids is 1. The fraction of sp³-hybridized carbons (Fsp3) is 0.462. The highest BCUT2D eigenvalue weighted by Gasteiger charge is 2.27. The summed E-state index contributed by atoms with van der Waals surface area (Å²) in [5.41, 5.74) is 5.81. The van der Waals surface area contributed by atoms with Gasteiger partial charge in [-0.25, -0.2) is 12.8 Å². The Bertz CT molecular complexity index is 646. The Morgan fingerprint density at radius 2 is 2.05 bits per heavy atom. The highest BCUT2D eigenvalue weighted by atomic mass is 32.2. The van der Waals surface area contributed by atoms with Gasteiger partial charge in [0.15, 0.2) is 0 Å². The number of amides is 1. The lowest BCUT2D eigenvalue weighted by Crippen LogP contribution is -2.45. The molecule has 21 heavy (non-hydrogen) atoms. The molecule has 1 amide bonds. The lowest BCUT2D eigenvalue weighted by molar-refractivity contribution is -0.131. The van der Waals surface area contributed by atoms with Crippen LogP contribution in [0.25, 0.3) is 0 Å². The quantitative estimate of drug-likeness (QED) is 0.788. The van der Waals surface area contributed by atoms with Crippen LogP contribution in [0.5, 0.6) is 0 Å². The van der Waals surface area contributed by atoms with Gasteiger partial charge in [-0.15, -0.1) is 0 Å². The van der Waals surface area contributed by atoms with Crippen LogP contribution < -0.4 is 10.5 Å². The highest BCUT2D eigenvalue weighted by molar-refractivity contribution is 7.89. The molecule has 118 valence electrons. The molecule has 0 radical (unpaired) electrons. The molecule has 0 spiro atoms. The average molecular weight is 317 g/mol. The molecule has 0 aromatic heterocycles. The van der Waals surface area contributed by atoms with Gasteiger partial charge in [-0.3, -0.25) is 4.79 Å². The van der Waals surface area contributed by atoms with Crippen molar-refractivity contribution in [3.05, 3.63) is 23.5 Å². The van der Waals surface area contributed by atoms with Crippen molar-refractivity contribution in [1.82, 2.24) is 9.62 Å². The topological polar surface area (TPSA) is 92.5 Å². The van der Waals surface area contributed by atoms with Gasteiger partial charge in [0, 0.05) is 19.3 Å². The molecule has 1 unspecified atom stereocenters. The van der Waals surface area contributed by atoms with Crippen molar-refractivity contribution in [2.24, 2.45) is 0 Å². The summed E-state index contributed by atoms with van der Waals surface area (Å²) < 4.78 is 40.6. The normalized spacial score (nSPS) is 13.0. The van der Waals surface area contributed by atoms with E-state index < -0.39 is 32.7 Å². The fourth-order valence-electron chi connectivity index (χ4n) is 1.79. The van der Waals surface area contributed by atoms with E-state index in [0.717, 1.165) is 6.07 Å². The molecule has 0 aliphatic rings. The summed E-state index contributed by atoms with van der Waals surface area (Å²) in [4.78, 5) is 12.7. The molecule has 1 rings (SSSR count). The van der Waals surface area contributed by atoms with Gasteiger partial charge in [-0.1, -0.05) is 0 Å². The number of sulfonamides is 1. The summed E-state index contributed by atoms with van der Waals surface area (Å²) in [5.74, 6) is -1.28. The molecule has 0 fully saturated rings. The van der Waals surface area contributed by atoms with E-state index in [-0.39, 0.29) is 11.3 Å². The predicted molar refractivity (Wildman–Crippen MR) is 78.6 cm³/mol. The third-order valence-corrected chi connectivity index (χ3v) is 4.63. The first-order valence-electron chi connectivity index (χ1n) is 6.43. The number of carbonyl (C=O) groups is 1. The van der Waals surface area contributed by atoms with Crippen molar-refractivity contribution >= 4 is 21.6 Å². The van der Waals surface area contributed by atoms with E-state index in [2.05, 4.69) is 4.72 Å². The van der Waals surface area contributed by atoms with E-state index in [1.165, 1.54) is 24.8 Å². The third kappa shape index (κ3) is 3.92. The van der Waals surface area contributed by atoms with Crippen LogP contribution in [0.2, 0.25) is 0 Å². The van der Waals surface area contributed by atoms with Crippen molar-refractivity contribution in [1.29, 1.82) is 0 Å². The smallest absolute Gasteiger partial charge is 0.244 e. The Hall–Kier alpha value is -1.67. The van der Waals surface area contributed by atoms with Crippen molar-refractivity contribution in [3.63, 3.8) is 0 Å². The Morgan fingerprint density at radius 1 is 1.48 bits per heavy atom. The number of hydrogen-bond acceptors (Lipinski definition) is 4. The number of hydrogen-bond donors (Lipinski definition) is 2. The summed E-state index contributed by atoms with van der Waals surface area (Å²) in [6.07, 6.45) is 0. The van der Waals surface area contributed by atoms with Crippen molar-refractivity contribution in [2.75, 3.05) is 19.3 Å². The van der Waals surface area contributed by atoms with E-state index in [1.807, 2.05) is 0 Å². The molecule has 1 aromatic rings. The Labute approximate surface area is 124 Å². The summed E-state index contributed by atoms with van der Waals surface area (Å²) >= 11 is 0. The second-order valence-corrected chi connectivity index (χ2v) is 6.53. The molecule has 0 heterocycles. The molecule has 0 bridgehead atoms. The molecule has 8 heteroatoms. The third-order valence-electron chi connectivity index (χ3n) is 3.09. The summed E-state index contributed by atoms with van der Waals surface area (Å²) in [6, 6.07) is 1.38. The number of rotatable bonds is 5. The van der Waals surface area contributed by atoms with Crippen LogP contribution in [0.15, 0.2) is 17.0 Å². The maximum atomic E-state index is 14.0. The Kier molecular flexibility index (Phi) is 5.30. The number of aryl methyl sites for hydroxylation is 1. The van der Waals surface area contributed by atoms with E-state index >= 15 is 0 Å². The van der Waals surface area contributed by atoms with Gasteiger partial charge < -0.3 is 10.6 Å². The molecule has 0 saturated carbocycles. The number of nitrogen functional groups attached to an aromatic ring is 1. The first-order chi connectivity index (χ1) is 9.60. The van der Waals surface area contributed by atoms with Gasteiger partial charge in [-0.05, 0) is 38.5 Å². The Morgan fingerprint density at radius 3 is 2.57 bits per heavy atom. The van der Waals surface area contributed by atoms with E-state index in [0.29, 0.717) is 6.54 Å². The summed E-state index contributed by atoms with van der Waals surface area (Å²) in [6.45, 7) is 5.03. The molecule has 0 aliphatic heterocycles. The molecule has 0 aliphatic carbocycles. The minimum atomic E-state index is -4.17. The molecule has 3 N–H and O–H groups in total. The maximum absolute atomic E-state index is 14.0. The maximum Gasteiger partial charge on any atom is 0.244 e. The number of nitrogens with zero attached hydrogens (tertiary/aromatic N) is 1. The standard InChI is InChI=1S/C13H20FN3O3S/c1-5-17(4)13(18)9(3)16-21(19,20)11-7-10(15)6-8(2)12(11)14/h6-7,9,16H,5,15H2,1-4H3. The minimum absolute atomic E-state index is 0.125. The SMILES string of the molecule is CCN(C)C(=O)C(C)NS(=O)(=O)c1cc(N)cc(C)c1F. The van der Waals surface area contributed by atoms with Gasteiger partial charge in [0.25, 0.3) is 0 Å². The zero-order chi connectivity index (χ0) is 16.4. The van der Waals surface area contributed by atoms with E-state index in [4.69, 9.17) is 5.73 Å². The van der Waals surface area contributed by atoms with Gasteiger partial charge in [0.2, 0.25) is 15.9 Å². The summed E-state index contributed by atoms with van der Waals surface area (Å²) in [7, 11) is -2.62. The minimum Gasteiger partial charge on any atom is -0.399 e. The monoisotopic (exact) mass is 317 g/mol. The first kappa shape index (κ1) is 17.4. The highest BCUT2D eigenvalue weighted by Crippen LogP contribution is 2.21. The predicted octanol–water partition coefficient (Wildman–Crippen LogP) is 0.861. The van der Waals surface area contributed by atoms with Gasteiger partial charge in [0.05, 0.1) is 6.04 Å². The number of nitrogens with one attached hydrogen (secondary N) is 1. The van der Waals surface area contributed by atoms with Crippen LogP contribution in [0.1, 0.15) is 19.4 Å². The number of halogens is 1. The molecule has 0 saturated heterocycles. The fourth-order valence-corrected chi connectivity index (χ4v) is 3.17. The Balaban J connectivity index is 3.11. The first-order valence-corrected chi connectivity index (χ1v) is 7.91. The number of likely N-dealkylation sites (N-methyl/N-ethyl adjacent to an activating group) is 1. The van der Waals surface area contributed by atoms with Crippen LogP contribution in [-0.4, -0.2) is 38.9 Å². The van der Waals surface area contributed by atoms with E-state index in [1.54, 1.807) is 14.0 Å². The van der Waals surface area contributed by atoms with Gasteiger partial charge in [-0.2, -0.15) is 4.72 Å². The van der Waals surface area contributed by atoms with Crippen molar-refractivity contribution < 1.29 is 17.6 Å². The number of nitrogens with two attached hydrogens (primary N) is 1. The molecular formula is C13H20FN3O3S. The van der Waals surface area contributed by atoms with E-state index in [9.17, 15) is 17.6 Å². The second kappa shape index (κ2) is 6.40. The molecule has 6 nitrogen and oxygen atoms in total. The largest absolute Gasteiger partial charge is 0.399 e. The van der Waals surface area contributed by atoms with Crippen LogP contribution in [-0.2, 0) is 14.8 Å². The lowest BCUT2D eigenvalue weighted by atomic mass is 10.2. The molecule has 1 atom stereocenters. The van der Waals surface area contributed by atoms with Crippen LogP contribution in [0.4, 0.5) is 10.1 Å². The molecule has 1 aromatic carbocycles. The number of anilines is 1. The summed E-state index contributed by atoms with van der Waals surface area (Å²) in [5, 5.41) is 0. The van der Waals surface area contributed by atoms with Crippen molar-refractivity contribution in [3.8, 4) is 0 Å². The van der Waals surface area contributed by atoms with Crippen molar-refractivity contribution in [2.45, 2.75) is 31.7 Å². The zero-order valence-corrected chi connectivity index (χ0v) is 13.3. The zero-order valence-electron chi connectivity index (χ0n) is 12.5.